The summed E-state index contributed by atoms with van der Waals surface area (Å²) in [5, 5.41) is 4.32. The zero-order valence-electron chi connectivity index (χ0n) is 9.55. The van der Waals surface area contributed by atoms with E-state index in [9.17, 15) is 4.39 Å². The minimum atomic E-state index is -0.297. The Kier molecular flexibility index (Phi) is 2.53. The maximum atomic E-state index is 13.1. The number of hydrogen-bond acceptors (Lipinski definition) is 3. The second-order valence-electron chi connectivity index (χ2n) is 3.99. The zero-order valence-corrected chi connectivity index (χ0v) is 9.55. The minimum absolute atomic E-state index is 0.297. The number of rotatable bonds is 2. The van der Waals surface area contributed by atoms with Crippen molar-refractivity contribution in [3.63, 3.8) is 0 Å². The van der Waals surface area contributed by atoms with Crippen LogP contribution in [0.4, 0.5) is 4.39 Å². The van der Waals surface area contributed by atoms with Crippen molar-refractivity contribution in [3.05, 3.63) is 54.0 Å². The van der Waals surface area contributed by atoms with Crippen LogP contribution in [0.15, 0.2) is 42.6 Å². The Morgan fingerprint density at radius 3 is 2.89 bits per heavy atom. The molecule has 1 aromatic carbocycles. The highest BCUT2D eigenvalue weighted by Crippen LogP contribution is 2.17. The molecular weight excluding hydrogens is 231 g/mol. The fraction of sp³-hybridized carbons (Fsp3) is 0.0769. The molecule has 0 radical (unpaired) electrons. The number of fused-ring (bicyclic) bond motifs is 1. The molecule has 0 bridgehead atoms. The summed E-state index contributed by atoms with van der Waals surface area (Å²) >= 11 is 0. The van der Waals surface area contributed by atoms with E-state index < -0.39 is 0 Å². The van der Waals surface area contributed by atoms with Gasteiger partial charge in [0.1, 0.15) is 5.82 Å². The van der Waals surface area contributed by atoms with Gasteiger partial charge in [0.2, 0.25) is 0 Å². The third-order valence-corrected chi connectivity index (χ3v) is 2.71. The molecule has 0 saturated heterocycles. The third kappa shape index (κ3) is 1.84. The normalized spacial score (nSPS) is 11.0. The van der Waals surface area contributed by atoms with Crippen LogP contribution in [0.5, 0.6) is 0 Å². The highest BCUT2D eigenvalue weighted by molar-refractivity contribution is 5.58. The lowest BCUT2D eigenvalue weighted by Gasteiger charge is -1.95. The number of pyridine rings is 1. The van der Waals surface area contributed by atoms with Crippen molar-refractivity contribution in [1.82, 2.24) is 14.6 Å². The van der Waals surface area contributed by atoms with Crippen molar-refractivity contribution < 1.29 is 4.39 Å². The largest absolute Gasteiger partial charge is 0.326 e. The van der Waals surface area contributed by atoms with Gasteiger partial charge < -0.3 is 5.73 Å². The summed E-state index contributed by atoms with van der Waals surface area (Å²) < 4.78 is 14.8. The van der Waals surface area contributed by atoms with Gasteiger partial charge in [-0.3, -0.25) is 0 Å². The van der Waals surface area contributed by atoms with Crippen LogP contribution in [-0.2, 0) is 6.54 Å². The van der Waals surface area contributed by atoms with Crippen molar-refractivity contribution in [1.29, 1.82) is 0 Å². The van der Waals surface area contributed by atoms with Gasteiger partial charge in [0.15, 0.2) is 11.5 Å². The maximum Gasteiger partial charge on any atom is 0.182 e. The molecule has 2 aromatic heterocycles. The van der Waals surface area contributed by atoms with E-state index in [1.54, 1.807) is 16.6 Å². The maximum absolute atomic E-state index is 13.1. The molecule has 0 spiro atoms. The second kappa shape index (κ2) is 4.19. The first kappa shape index (κ1) is 10.9. The van der Waals surface area contributed by atoms with E-state index in [1.165, 1.54) is 12.1 Å². The molecule has 3 rings (SSSR count). The first-order valence-electron chi connectivity index (χ1n) is 5.57. The summed E-state index contributed by atoms with van der Waals surface area (Å²) in [6.45, 7) is 0.450. The molecule has 0 aliphatic rings. The lowest BCUT2D eigenvalue weighted by molar-refractivity contribution is 0.628. The molecule has 4 nitrogen and oxygen atoms in total. The molecule has 90 valence electrons. The quantitative estimate of drug-likeness (QED) is 0.747. The molecule has 5 heteroatoms. The van der Waals surface area contributed by atoms with Crippen LogP contribution in [-0.4, -0.2) is 14.6 Å². The fourth-order valence-electron chi connectivity index (χ4n) is 1.80. The number of halogens is 1. The topological polar surface area (TPSA) is 56.2 Å². The van der Waals surface area contributed by atoms with Crippen LogP contribution in [0.3, 0.4) is 0 Å². The first-order valence-corrected chi connectivity index (χ1v) is 5.57. The highest BCUT2D eigenvalue weighted by atomic mass is 19.1. The number of benzene rings is 1. The van der Waals surface area contributed by atoms with Gasteiger partial charge in [0.25, 0.3) is 0 Å². The SMILES string of the molecule is NCc1ccc2nc(-c3cccc(F)c3)nn2c1. The molecule has 0 fully saturated rings. The summed E-state index contributed by atoms with van der Waals surface area (Å²) in [6, 6.07) is 9.98. The fourth-order valence-corrected chi connectivity index (χ4v) is 1.80. The van der Waals surface area contributed by atoms with Crippen LogP contribution in [0, 0.1) is 5.82 Å². The van der Waals surface area contributed by atoms with Crippen LogP contribution < -0.4 is 5.73 Å². The average molecular weight is 242 g/mol. The van der Waals surface area contributed by atoms with Crippen molar-refractivity contribution >= 4 is 5.65 Å². The summed E-state index contributed by atoms with van der Waals surface area (Å²) in [7, 11) is 0. The molecule has 2 N–H and O–H groups in total. The summed E-state index contributed by atoms with van der Waals surface area (Å²) in [6.07, 6.45) is 1.82. The van der Waals surface area contributed by atoms with Crippen LogP contribution in [0.25, 0.3) is 17.0 Å². The molecule has 0 unspecified atom stereocenters. The van der Waals surface area contributed by atoms with Gasteiger partial charge in [-0.25, -0.2) is 13.9 Å². The molecule has 0 saturated carbocycles. The highest BCUT2D eigenvalue weighted by Gasteiger charge is 2.07. The van der Waals surface area contributed by atoms with Crippen molar-refractivity contribution in [2.75, 3.05) is 0 Å². The summed E-state index contributed by atoms with van der Waals surface area (Å²) in [5.74, 6) is 0.206. The van der Waals surface area contributed by atoms with E-state index in [4.69, 9.17) is 5.73 Å². The Balaban J connectivity index is 2.13. The number of nitrogens with two attached hydrogens (primary N) is 1. The van der Waals surface area contributed by atoms with Crippen molar-refractivity contribution in [2.24, 2.45) is 5.73 Å². The molecule has 0 aliphatic carbocycles. The van der Waals surface area contributed by atoms with E-state index >= 15 is 0 Å². The van der Waals surface area contributed by atoms with Crippen LogP contribution in [0.1, 0.15) is 5.56 Å². The third-order valence-electron chi connectivity index (χ3n) is 2.71. The number of nitrogens with zero attached hydrogens (tertiary/aromatic N) is 3. The predicted molar refractivity (Wildman–Crippen MR) is 66.3 cm³/mol. The lowest BCUT2D eigenvalue weighted by Crippen LogP contribution is -1.98. The Morgan fingerprint density at radius 1 is 1.22 bits per heavy atom. The summed E-state index contributed by atoms with van der Waals surface area (Å²) in [4.78, 5) is 4.34. The number of hydrogen-bond donors (Lipinski definition) is 1. The Labute approximate surface area is 103 Å². The predicted octanol–water partition coefficient (Wildman–Crippen LogP) is 1.99. The molecule has 0 aliphatic heterocycles. The average Bonchev–Trinajstić information content (AvgIpc) is 2.81. The van der Waals surface area contributed by atoms with Gasteiger partial charge in [-0.1, -0.05) is 18.2 Å². The Hall–Kier alpha value is -2.27. The smallest absolute Gasteiger partial charge is 0.182 e. The van der Waals surface area contributed by atoms with E-state index in [0.29, 0.717) is 23.6 Å². The number of aromatic nitrogens is 3. The zero-order chi connectivity index (χ0) is 12.5. The van der Waals surface area contributed by atoms with Gasteiger partial charge in [-0.15, -0.1) is 5.10 Å². The lowest BCUT2D eigenvalue weighted by atomic mass is 10.2. The van der Waals surface area contributed by atoms with Crippen LogP contribution in [0.2, 0.25) is 0 Å². The first-order chi connectivity index (χ1) is 8.76. The van der Waals surface area contributed by atoms with Crippen molar-refractivity contribution in [2.45, 2.75) is 6.54 Å². The second-order valence-corrected chi connectivity index (χ2v) is 3.99. The molecule has 0 amide bonds. The summed E-state index contributed by atoms with van der Waals surface area (Å²) in [5.41, 5.74) is 7.91. The monoisotopic (exact) mass is 242 g/mol. The molecule has 18 heavy (non-hydrogen) atoms. The van der Waals surface area contributed by atoms with E-state index in [0.717, 1.165) is 5.56 Å². The van der Waals surface area contributed by atoms with Gasteiger partial charge >= 0.3 is 0 Å². The minimum Gasteiger partial charge on any atom is -0.326 e. The van der Waals surface area contributed by atoms with Crippen molar-refractivity contribution in [3.8, 4) is 11.4 Å². The van der Waals surface area contributed by atoms with Gasteiger partial charge in [-0.05, 0) is 23.8 Å². The Bertz CT molecular complexity index is 705. The van der Waals surface area contributed by atoms with Gasteiger partial charge in [0, 0.05) is 18.3 Å². The Morgan fingerprint density at radius 2 is 2.11 bits per heavy atom. The molecular formula is C13H11FN4. The van der Waals surface area contributed by atoms with E-state index in [2.05, 4.69) is 10.1 Å². The van der Waals surface area contributed by atoms with Crippen LogP contribution >= 0.6 is 0 Å². The molecule has 3 aromatic rings. The van der Waals surface area contributed by atoms with Gasteiger partial charge in [0.05, 0.1) is 0 Å². The molecule has 2 heterocycles. The standard InChI is InChI=1S/C13H11FN4/c14-11-3-1-2-10(6-11)13-16-12-5-4-9(7-15)8-18(12)17-13/h1-6,8H,7,15H2. The molecule has 0 atom stereocenters. The van der Waals surface area contributed by atoms with E-state index in [-0.39, 0.29) is 5.82 Å². The van der Waals surface area contributed by atoms with Gasteiger partial charge in [-0.2, -0.15) is 0 Å². The van der Waals surface area contributed by atoms with E-state index in [1.807, 2.05) is 18.3 Å².